The predicted octanol–water partition coefficient (Wildman–Crippen LogP) is 0.401. The van der Waals surface area contributed by atoms with Crippen molar-refractivity contribution in [1.82, 2.24) is 9.78 Å². The number of rotatable bonds is 5. The minimum atomic E-state index is -0.174. The number of aliphatic hydroxyl groups excluding tert-OH is 1. The summed E-state index contributed by atoms with van der Waals surface area (Å²) in [6.07, 6.45) is 4.50. The van der Waals surface area contributed by atoms with Crippen molar-refractivity contribution < 1.29 is 5.11 Å². The lowest BCUT2D eigenvalue weighted by Crippen LogP contribution is -2.26. The highest BCUT2D eigenvalue weighted by Gasteiger charge is 2.05. The molecule has 0 saturated carbocycles. The second-order valence-electron chi connectivity index (χ2n) is 4.11. The third-order valence-corrected chi connectivity index (χ3v) is 1.97. The molecule has 0 radical (unpaired) electrons. The maximum absolute atomic E-state index is 8.80. The van der Waals surface area contributed by atoms with Crippen LogP contribution < -0.4 is 5.73 Å². The highest BCUT2D eigenvalue weighted by Crippen LogP contribution is 2.03. The zero-order valence-corrected chi connectivity index (χ0v) is 8.85. The molecule has 0 bridgehead atoms. The molecule has 14 heavy (non-hydrogen) atoms. The highest BCUT2D eigenvalue weighted by molar-refractivity contribution is 5.05. The van der Waals surface area contributed by atoms with Crippen LogP contribution in [0.3, 0.4) is 0 Å². The van der Waals surface area contributed by atoms with Crippen molar-refractivity contribution in [3.63, 3.8) is 0 Å². The summed E-state index contributed by atoms with van der Waals surface area (Å²) in [6, 6.07) is -0.174. The molecule has 0 saturated heterocycles. The average molecular weight is 197 g/mol. The van der Waals surface area contributed by atoms with Crippen molar-refractivity contribution in [3.8, 4) is 0 Å². The maximum Gasteiger partial charge on any atom is 0.0585 e. The van der Waals surface area contributed by atoms with E-state index in [-0.39, 0.29) is 12.6 Å². The predicted molar refractivity (Wildman–Crippen MR) is 55.8 cm³/mol. The van der Waals surface area contributed by atoms with E-state index < -0.39 is 0 Å². The Morgan fingerprint density at radius 1 is 1.57 bits per heavy atom. The van der Waals surface area contributed by atoms with E-state index in [1.807, 2.05) is 17.1 Å². The molecule has 1 atom stereocenters. The lowest BCUT2D eigenvalue weighted by molar-refractivity contribution is 0.265. The Morgan fingerprint density at radius 2 is 2.29 bits per heavy atom. The molecule has 3 N–H and O–H groups in total. The Hall–Kier alpha value is -0.870. The quantitative estimate of drug-likeness (QED) is 0.718. The fraction of sp³-hybridized carbons (Fsp3) is 0.700. The van der Waals surface area contributed by atoms with E-state index in [1.165, 1.54) is 0 Å². The largest absolute Gasteiger partial charge is 0.395 e. The van der Waals surface area contributed by atoms with Crippen LogP contribution in [0.5, 0.6) is 0 Å². The fourth-order valence-electron chi connectivity index (χ4n) is 1.35. The smallest absolute Gasteiger partial charge is 0.0585 e. The van der Waals surface area contributed by atoms with Gasteiger partial charge < -0.3 is 10.8 Å². The molecule has 4 nitrogen and oxygen atoms in total. The number of hydrogen-bond acceptors (Lipinski definition) is 3. The standard InChI is InChI=1S/C10H19N3O/c1-8(2)5-13-6-9(4-12-13)3-10(11)7-14/h4,6,8,10,14H,3,5,7,11H2,1-2H3. The van der Waals surface area contributed by atoms with Gasteiger partial charge in [-0.3, -0.25) is 4.68 Å². The first-order valence-corrected chi connectivity index (χ1v) is 4.99. The molecule has 0 aliphatic rings. The first-order valence-electron chi connectivity index (χ1n) is 4.99. The summed E-state index contributed by atoms with van der Waals surface area (Å²) in [5.41, 5.74) is 6.72. The number of hydrogen-bond donors (Lipinski definition) is 2. The topological polar surface area (TPSA) is 64.1 Å². The van der Waals surface area contributed by atoms with Crippen LogP contribution in [0.25, 0.3) is 0 Å². The molecule has 0 aromatic carbocycles. The van der Waals surface area contributed by atoms with Gasteiger partial charge in [-0.15, -0.1) is 0 Å². The Bertz CT molecular complexity index is 270. The molecule has 0 fully saturated rings. The monoisotopic (exact) mass is 197 g/mol. The SMILES string of the molecule is CC(C)Cn1cc(CC(N)CO)cn1. The van der Waals surface area contributed by atoms with E-state index in [4.69, 9.17) is 10.8 Å². The number of nitrogens with zero attached hydrogens (tertiary/aromatic N) is 2. The van der Waals surface area contributed by atoms with Gasteiger partial charge in [-0.05, 0) is 17.9 Å². The van der Waals surface area contributed by atoms with Crippen LogP contribution in [0, 0.1) is 5.92 Å². The van der Waals surface area contributed by atoms with Gasteiger partial charge in [0.05, 0.1) is 12.8 Å². The molecule has 1 rings (SSSR count). The minimum absolute atomic E-state index is 0.0232. The van der Waals surface area contributed by atoms with Gasteiger partial charge in [0.15, 0.2) is 0 Å². The molecule has 0 spiro atoms. The Labute approximate surface area is 84.7 Å². The van der Waals surface area contributed by atoms with Gasteiger partial charge in [0.25, 0.3) is 0 Å². The Balaban J connectivity index is 2.50. The second kappa shape index (κ2) is 5.12. The van der Waals surface area contributed by atoms with Gasteiger partial charge in [0.2, 0.25) is 0 Å². The molecule has 1 aromatic heterocycles. The number of aliphatic hydroxyl groups is 1. The molecule has 1 unspecified atom stereocenters. The lowest BCUT2D eigenvalue weighted by Gasteiger charge is -2.05. The molecule has 0 amide bonds. The molecule has 1 heterocycles. The lowest BCUT2D eigenvalue weighted by atomic mass is 10.1. The maximum atomic E-state index is 8.80. The van der Waals surface area contributed by atoms with Crippen LogP contribution in [0.4, 0.5) is 0 Å². The molecule has 0 aliphatic carbocycles. The van der Waals surface area contributed by atoms with Crippen molar-refractivity contribution in [2.75, 3.05) is 6.61 Å². The summed E-state index contributed by atoms with van der Waals surface area (Å²) in [4.78, 5) is 0. The number of aromatic nitrogens is 2. The van der Waals surface area contributed by atoms with Gasteiger partial charge in [-0.1, -0.05) is 13.8 Å². The average Bonchev–Trinajstić information content (AvgIpc) is 2.51. The van der Waals surface area contributed by atoms with Crippen molar-refractivity contribution in [3.05, 3.63) is 18.0 Å². The van der Waals surface area contributed by atoms with Crippen molar-refractivity contribution in [2.24, 2.45) is 11.7 Å². The zero-order chi connectivity index (χ0) is 10.6. The minimum Gasteiger partial charge on any atom is -0.395 e. The van der Waals surface area contributed by atoms with E-state index in [2.05, 4.69) is 18.9 Å². The summed E-state index contributed by atoms with van der Waals surface area (Å²) >= 11 is 0. The summed E-state index contributed by atoms with van der Waals surface area (Å²) in [7, 11) is 0. The molecule has 80 valence electrons. The summed E-state index contributed by atoms with van der Waals surface area (Å²) in [5.74, 6) is 0.592. The molecular formula is C10H19N3O. The van der Waals surface area contributed by atoms with Crippen LogP contribution >= 0.6 is 0 Å². The Kier molecular flexibility index (Phi) is 4.10. The fourth-order valence-corrected chi connectivity index (χ4v) is 1.35. The summed E-state index contributed by atoms with van der Waals surface area (Å²) in [6.45, 7) is 5.26. The molecule has 4 heteroatoms. The summed E-state index contributed by atoms with van der Waals surface area (Å²) < 4.78 is 1.92. The van der Waals surface area contributed by atoms with E-state index in [9.17, 15) is 0 Å². The number of nitrogens with two attached hydrogens (primary N) is 1. The molecular weight excluding hydrogens is 178 g/mol. The van der Waals surface area contributed by atoms with E-state index in [0.717, 1.165) is 12.1 Å². The first-order chi connectivity index (χ1) is 6.61. The zero-order valence-electron chi connectivity index (χ0n) is 8.85. The van der Waals surface area contributed by atoms with Crippen LogP contribution in [0.1, 0.15) is 19.4 Å². The van der Waals surface area contributed by atoms with Gasteiger partial charge in [0.1, 0.15) is 0 Å². The van der Waals surface area contributed by atoms with Gasteiger partial charge in [-0.2, -0.15) is 5.10 Å². The molecule has 0 aliphatic heterocycles. The Morgan fingerprint density at radius 3 is 2.86 bits per heavy atom. The van der Waals surface area contributed by atoms with Gasteiger partial charge in [0, 0.05) is 18.8 Å². The third kappa shape index (κ3) is 3.47. The van der Waals surface area contributed by atoms with E-state index in [0.29, 0.717) is 12.3 Å². The molecule has 1 aromatic rings. The first kappa shape index (κ1) is 11.2. The second-order valence-corrected chi connectivity index (χ2v) is 4.11. The van der Waals surface area contributed by atoms with Crippen molar-refractivity contribution in [2.45, 2.75) is 32.9 Å². The van der Waals surface area contributed by atoms with E-state index >= 15 is 0 Å². The van der Waals surface area contributed by atoms with Crippen LogP contribution in [-0.4, -0.2) is 27.5 Å². The van der Waals surface area contributed by atoms with Crippen molar-refractivity contribution >= 4 is 0 Å². The van der Waals surface area contributed by atoms with Gasteiger partial charge >= 0.3 is 0 Å². The van der Waals surface area contributed by atoms with E-state index in [1.54, 1.807) is 0 Å². The summed E-state index contributed by atoms with van der Waals surface area (Å²) in [5, 5.41) is 13.0. The van der Waals surface area contributed by atoms with Crippen LogP contribution in [0.15, 0.2) is 12.4 Å². The normalized spacial score (nSPS) is 13.5. The van der Waals surface area contributed by atoms with Crippen LogP contribution in [-0.2, 0) is 13.0 Å². The third-order valence-electron chi connectivity index (χ3n) is 1.97. The highest BCUT2D eigenvalue weighted by atomic mass is 16.3. The van der Waals surface area contributed by atoms with Crippen molar-refractivity contribution in [1.29, 1.82) is 0 Å². The van der Waals surface area contributed by atoms with Gasteiger partial charge in [-0.25, -0.2) is 0 Å². The van der Waals surface area contributed by atoms with Crippen LogP contribution in [0.2, 0.25) is 0 Å².